The third-order valence-corrected chi connectivity index (χ3v) is 3.88. The van der Waals surface area contributed by atoms with Crippen molar-refractivity contribution >= 4 is 39.7 Å². The molecule has 0 saturated carbocycles. The van der Waals surface area contributed by atoms with E-state index in [0.29, 0.717) is 17.9 Å². The van der Waals surface area contributed by atoms with Crippen molar-refractivity contribution in [1.82, 2.24) is 5.32 Å². The maximum atomic E-state index is 12.4. The fourth-order valence-corrected chi connectivity index (χ4v) is 2.76. The van der Waals surface area contributed by atoms with Gasteiger partial charge in [0.05, 0.1) is 6.61 Å². The molecule has 3 aromatic carbocycles. The number of carbonyl (C=O) groups excluding carboxylic acids is 1. The highest BCUT2D eigenvalue weighted by molar-refractivity contribution is 7.80. The first kappa shape index (κ1) is 16.9. The number of thiocarbonyl (C=S) groups is 1. The molecule has 0 fully saturated rings. The number of hydrogen-bond donors (Lipinski definition) is 2. The molecule has 1 amide bonds. The molecule has 0 atom stereocenters. The van der Waals surface area contributed by atoms with E-state index in [1.165, 1.54) is 0 Å². The molecule has 2 N–H and O–H groups in total. The summed E-state index contributed by atoms with van der Waals surface area (Å²) in [5.41, 5.74) is 1.35. The van der Waals surface area contributed by atoms with Crippen LogP contribution in [0.25, 0.3) is 10.8 Å². The molecule has 126 valence electrons. The zero-order valence-corrected chi connectivity index (χ0v) is 14.6. The average molecular weight is 350 g/mol. The Morgan fingerprint density at radius 2 is 1.80 bits per heavy atom. The van der Waals surface area contributed by atoms with Crippen molar-refractivity contribution in [1.29, 1.82) is 0 Å². The zero-order valence-electron chi connectivity index (χ0n) is 13.8. The number of carbonyl (C=O) groups is 1. The Morgan fingerprint density at radius 1 is 1.04 bits per heavy atom. The molecule has 0 aliphatic carbocycles. The molecule has 0 heterocycles. The normalized spacial score (nSPS) is 10.3. The fraction of sp³-hybridized carbons (Fsp3) is 0.100. The predicted octanol–water partition coefficient (Wildman–Crippen LogP) is 4.37. The molecule has 0 aromatic heterocycles. The van der Waals surface area contributed by atoms with Crippen LogP contribution in [-0.2, 0) is 0 Å². The molecule has 4 nitrogen and oxygen atoms in total. The Balaban J connectivity index is 1.71. The number of benzene rings is 3. The van der Waals surface area contributed by atoms with Gasteiger partial charge in [-0.2, -0.15) is 0 Å². The second-order valence-corrected chi connectivity index (χ2v) is 5.80. The standard InChI is InChI=1S/C20H18N2O2S/c1-2-24-16-10-5-9-15(13-16)19(23)22-20(25)21-18-12-6-8-14-7-3-4-11-17(14)18/h3-13H,2H2,1H3,(H2,21,22,23,25). The Labute approximate surface area is 151 Å². The molecule has 0 spiro atoms. The average Bonchev–Trinajstić information content (AvgIpc) is 2.62. The number of anilines is 1. The van der Waals surface area contributed by atoms with Crippen LogP contribution in [-0.4, -0.2) is 17.6 Å². The Morgan fingerprint density at radius 3 is 2.64 bits per heavy atom. The quantitative estimate of drug-likeness (QED) is 0.686. The molecule has 25 heavy (non-hydrogen) atoms. The van der Waals surface area contributed by atoms with E-state index >= 15 is 0 Å². The molecule has 3 aromatic rings. The van der Waals surface area contributed by atoms with E-state index in [1.54, 1.807) is 18.2 Å². The molecule has 5 heteroatoms. The van der Waals surface area contributed by atoms with Gasteiger partial charge in [-0.25, -0.2) is 0 Å². The van der Waals surface area contributed by atoms with Gasteiger partial charge in [0.15, 0.2) is 5.11 Å². The summed E-state index contributed by atoms with van der Waals surface area (Å²) in [6, 6.07) is 20.9. The molecular weight excluding hydrogens is 332 g/mol. The molecule has 0 unspecified atom stereocenters. The van der Waals surface area contributed by atoms with E-state index in [-0.39, 0.29) is 11.0 Å². The second kappa shape index (κ2) is 7.77. The SMILES string of the molecule is CCOc1cccc(C(=O)NC(=S)Nc2cccc3ccccc23)c1. The van der Waals surface area contributed by atoms with Gasteiger partial charge in [0, 0.05) is 16.6 Å². The van der Waals surface area contributed by atoms with Gasteiger partial charge in [0.1, 0.15) is 5.75 Å². The molecule has 3 rings (SSSR count). The van der Waals surface area contributed by atoms with Crippen LogP contribution in [0.4, 0.5) is 5.69 Å². The van der Waals surface area contributed by atoms with Crippen molar-refractivity contribution in [3.63, 3.8) is 0 Å². The highest BCUT2D eigenvalue weighted by atomic mass is 32.1. The van der Waals surface area contributed by atoms with E-state index in [2.05, 4.69) is 10.6 Å². The summed E-state index contributed by atoms with van der Waals surface area (Å²) in [4.78, 5) is 12.4. The van der Waals surface area contributed by atoms with Crippen molar-refractivity contribution < 1.29 is 9.53 Å². The summed E-state index contributed by atoms with van der Waals surface area (Å²) < 4.78 is 5.42. The van der Waals surface area contributed by atoms with Crippen LogP contribution in [0.2, 0.25) is 0 Å². The first-order valence-electron chi connectivity index (χ1n) is 8.00. The monoisotopic (exact) mass is 350 g/mol. The van der Waals surface area contributed by atoms with Gasteiger partial charge >= 0.3 is 0 Å². The van der Waals surface area contributed by atoms with Crippen molar-refractivity contribution in [2.24, 2.45) is 0 Å². The maximum Gasteiger partial charge on any atom is 0.257 e. The number of hydrogen-bond acceptors (Lipinski definition) is 3. The predicted molar refractivity (Wildman–Crippen MR) is 105 cm³/mol. The minimum atomic E-state index is -0.278. The lowest BCUT2D eigenvalue weighted by atomic mass is 10.1. The van der Waals surface area contributed by atoms with Gasteiger partial charge in [-0.1, -0.05) is 42.5 Å². The lowest BCUT2D eigenvalue weighted by molar-refractivity contribution is 0.0977. The molecular formula is C20H18N2O2S. The van der Waals surface area contributed by atoms with E-state index in [4.69, 9.17) is 17.0 Å². The number of amides is 1. The molecule has 0 aliphatic heterocycles. The Hall–Kier alpha value is -2.92. The molecule has 0 saturated heterocycles. The Bertz CT molecular complexity index is 919. The van der Waals surface area contributed by atoms with Gasteiger partial charge < -0.3 is 10.1 Å². The van der Waals surface area contributed by atoms with Crippen LogP contribution >= 0.6 is 12.2 Å². The number of nitrogens with one attached hydrogen (secondary N) is 2. The molecule has 0 bridgehead atoms. The van der Waals surface area contributed by atoms with Crippen molar-refractivity contribution in [2.75, 3.05) is 11.9 Å². The summed E-state index contributed by atoms with van der Waals surface area (Å²) in [6.45, 7) is 2.45. The lowest BCUT2D eigenvalue weighted by Crippen LogP contribution is -2.34. The topological polar surface area (TPSA) is 50.4 Å². The van der Waals surface area contributed by atoms with E-state index in [0.717, 1.165) is 16.5 Å². The highest BCUT2D eigenvalue weighted by Gasteiger charge is 2.10. The summed E-state index contributed by atoms with van der Waals surface area (Å²) in [5.74, 6) is 0.377. The van der Waals surface area contributed by atoms with Crippen LogP contribution in [0.5, 0.6) is 5.75 Å². The third-order valence-electron chi connectivity index (χ3n) is 3.67. The molecule has 0 aliphatic rings. The van der Waals surface area contributed by atoms with Crippen LogP contribution < -0.4 is 15.4 Å². The van der Waals surface area contributed by atoms with Crippen LogP contribution in [0.1, 0.15) is 17.3 Å². The van der Waals surface area contributed by atoms with Gasteiger partial charge in [-0.05, 0) is 48.8 Å². The first-order valence-corrected chi connectivity index (χ1v) is 8.41. The summed E-state index contributed by atoms with van der Waals surface area (Å²) in [5, 5.41) is 8.20. The van der Waals surface area contributed by atoms with Crippen molar-refractivity contribution in [3.8, 4) is 5.75 Å². The summed E-state index contributed by atoms with van der Waals surface area (Å²) in [6.07, 6.45) is 0. The highest BCUT2D eigenvalue weighted by Crippen LogP contribution is 2.22. The largest absolute Gasteiger partial charge is 0.494 e. The van der Waals surface area contributed by atoms with E-state index in [1.807, 2.05) is 55.5 Å². The minimum Gasteiger partial charge on any atom is -0.494 e. The van der Waals surface area contributed by atoms with Gasteiger partial charge in [0.2, 0.25) is 0 Å². The minimum absolute atomic E-state index is 0.253. The summed E-state index contributed by atoms with van der Waals surface area (Å²) in [7, 11) is 0. The van der Waals surface area contributed by atoms with Gasteiger partial charge in [-0.3, -0.25) is 10.1 Å². The van der Waals surface area contributed by atoms with Gasteiger partial charge in [0.25, 0.3) is 5.91 Å². The number of fused-ring (bicyclic) bond motifs is 1. The van der Waals surface area contributed by atoms with E-state index < -0.39 is 0 Å². The van der Waals surface area contributed by atoms with E-state index in [9.17, 15) is 4.79 Å². The van der Waals surface area contributed by atoms with Crippen molar-refractivity contribution in [2.45, 2.75) is 6.92 Å². The van der Waals surface area contributed by atoms with Crippen LogP contribution in [0.15, 0.2) is 66.7 Å². The number of ether oxygens (including phenoxy) is 1. The molecule has 0 radical (unpaired) electrons. The zero-order chi connectivity index (χ0) is 17.6. The van der Waals surface area contributed by atoms with Crippen LogP contribution in [0, 0.1) is 0 Å². The fourth-order valence-electron chi connectivity index (χ4n) is 2.56. The van der Waals surface area contributed by atoms with Crippen LogP contribution in [0.3, 0.4) is 0 Å². The first-order chi connectivity index (χ1) is 12.2. The van der Waals surface area contributed by atoms with Crippen molar-refractivity contribution in [3.05, 3.63) is 72.3 Å². The summed E-state index contributed by atoms with van der Waals surface area (Å²) >= 11 is 5.28. The third kappa shape index (κ3) is 4.14. The Kier molecular flexibility index (Phi) is 5.26. The maximum absolute atomic E-state index is 12.4. The second-order valence-electron chi connectivity index (χ2n) is 5.40. The lowest BCUT2D eigenvalue weighted by Gasteiger charge is -2.12. The number of rotatable bonds is 4. The smallest absolute Gasteiger partial charge is 0.257 e. The van der Waals surface area contributed by atoms with Gasteiger partial charge in [-0.15, -0.1) is 0 Å².